The number of ether oxygens (including phenoxy) is 3. The van der Waals surface area contributed by atoms with Crippen LogP contribution in [0, 0.1) is 0 Å². The quantitative estimate of drug-likeness (QED) is 0.676. The predicted molar refractivity (Wildman–Crippen MR) is 48.3 cm³/mol. The van der Waals surface area contributed by atoms with E-state index in [-0.39, 0.29) is 6.61 Å². The molecule has 0 fully saturated rings. The molecule has 0 atom stereocenters. The number of para-hydroxylation sites is 1. The Morgan fingerprint density at radius 2 is 2.21 bits per heavy atom. The van der Waals surface area contributed by atoms with Crippen LogP contribution in [-0.4, -0.2) is 19.7 Å². The molecule has 0 aromatic heterocycles. The molecular weight excluding hydrogens is 184 g/mol. The lowest BCUT2D eigenvalue weighted by molar-refractivity contribution is -0.129. The van der Waals surface area contributed by atoms with Gasteiger partial charge in [-0.25, -0.2) is 0 Å². The van der Waals surface area contributed by atoms with Crippen LogP contribution in [0.2, 0.25) is 0 Å². The van der Waals surface area contributed by atoms with Crippen molar-refractivity contribution in [3.8, 4) is 11.5 Å². The van der Waals surface area contributed by atoms with E-state index in [9.17, 15) is 4.79 Å². The summed E-state index contributed by atoms with van der Waals surface area (Å²) in [5.74, 6) is 1.39. The number of hydrogen-bond acceptors (Lipinski definition) is 4. The lowest BCUT2D eigenvalue weighted by Gasteiger charge is -2.20. The van der Waals surface area contributed by atoms with Gasteiger partial charge in [-0.15, -0.1) is 0 Å². The van der Waals surface area contributed by atoms with Crippen molar-refractivity contribution in [2.24, 2.45) is 0 Å². The molecule has 0 spiro atoms. The summed E-state index contributed by atoms with van der Waals surface area (Å²) in [5, 5.41) is 0. The molecule has 0 saturated carbocycles. The molecule has 1 heterocycles. The SMILES string of the molecule is O=COCc1cccc2c1OCCO2. The fraction of sp³-hybridized carbons (Fsp3) is 0.300. The second-order valence-corrected chi connectivity index (χ2v) is 2.85. The van der Waals surface area contributed by atoms with Gasteiger partial charge in [-0.1, -0.05) is 12.1 Å². The first-order valence-corrected chi connectivity index (χ1v) is 4.34. The van der Waals surface area contributed by atoms with Crippen molar-refractivity contribution < 1.29 is 19.0 Å². The molecule has 0 saturated heterocycles. The zero-order chi connectivity index (χ0) is 9.80. The summed E-state index contributed by atoms with van der Waals surface area (Å²) in [6.45, 7) is 1.73. The molecule has 2 rings (SSSR count). The molecule has 0 N–H and O–H groups in total. The third-order valence-corrected chi connectivity index (χ3v) is 1.95. The lowest BCUT2D eigenvalue weighted by atomic mass is 10.2. The lowest BCUT2D eigenvalue weighted by Crippen LogP contribution is -2.16. The average molecular weight is 194 g/mol. The number of benzene rings is 1. The van der Waals surface area contributed by atoms with E-state index in [1.54, 1.807) is 0 Å². The van der Waals surface area contributed by atoms with E-state index in [1.165, 1.54) is 0 Å². The summed E-state index contributed by atoms with van der Waals surface area (Å²) in [4.78, 5) is 10.1. The van der Waals surface area contributed by atoms with Crippen molar-refractivity contribution in [2.45, 2.75) is 6.61 Å². The van der Waals surface area contributed by atoms with Gasteiger partial charge in [0.05, 0.1) is 0 Å². The molecular formula is C10H10O4. The first kappa shape index (κ1) is 8.87. The topological polar surface area (TPSA) is 44.8 Å². The summed E-state index contributed by atoms with van der Waals surface area (Å²) in [6.07, 6.45) is 0. The van der Waals surface area contributed by atoms with Crippen LogP contribution in [0.3, 0.4) is 0 Å². The Morgan fingerprint density at radius 1 is 1.36 bits per heavy atom. The molecule has 4 heteroatoms. The number of fused-ring (bicyclic) bond motifs is 1. The predicted octanol–water partition coefficient (Wildman–Crippen LogP) is 1.13. The maximum atomic E-state index is 10.1. The molecule has 0 bridgehead atoms. The van der Waals surface area contributed by atoms with E-state index in [0.717, 1.165) is 5.56 Å². The highest BCUT2D eigenvalue weighted by molar-refractivity contribution is 5.48. The smallest absolute Gasteiger partial charge is 0.293 e. The Kier molecular flexibility index (Phi) is 2.53. The Morgan fingerprint density at radius 3 is 3.07 bits per heavy atom. The van der Waals surface area contributed by atoms with Crippen molar-refractivity contribution in [2.75, 3.05) is 13.2 Å². The van der Waals surface area contributed by atoms with Crippen LogP contribution in [0.25, 0.3) is 0 Å². The maximum absolute atomic E-state index is 10.1. The number of rotatable bonds is 3. The molecule has 0 radical (unpaired) electrons. The van der Waals surface area contributed by atoms with E-state index in [4.69, 9.17) is 9.47 Å². The summed E-state index contributed by atoms with van der Waals surface area (Å²) in [6, 6.07) is 5.52. The van der Waals surface area contributed by atoms with Gasteiger partial charge in [-0.2, -0.15) is 0 Å². The Hall–Kier alpha value is -1.71. The number of carbonyl (C=O) groups is 1. The van der Waals surface area contributed by atoms with Gasteiger partial charge in [-0.05, 0) is 6.07 Å². The maximum Gasteiger partial charge on any atom is 0.293 e. The average Bonchev–Trinajstić information content (AvgIpc) is 2.26. The normalized spacial score (nSPS) is 13.4. The molecule has 1 aliphatic rings. The molecule has 4 nitrogen and oxygen atoms in total. The highest BCUT2D eigenvalue weighted by Crippen LogP contribution is 2.33. The fourth-order valence-corrected chi connectivity index (χ4v) is 1.37. The van der Waals surface area contributed by atoms with E-state index in [2.05, 4.69) is 4.74 Å². The first-order valence-electron chi connectivity index (χ1n) is 4.34. The molecule has 1 aromatic rings. The van der Waals surface area contributed by atoms with E-state index >= 15 is 0 Å². The van der Waals surface area contributed by atoms with Gasteiger partial charge in [-0.3, -0.25) is 4.79 Å². The number of hydrogen-bond donors (Lipinski definition) is 0. The van der Waals surface area contributed by atoms with E-state index in [0.29, 0.717) is 31.2 Å². The summed E-state index contributed by atoms with van der Waals surface area (Å²) < 4.78 is 15.5. The molecule has 0 aliphatic carbocycles. The molecule has 74 valence electrons. The Labute approximate surface area is 81.4 Å². The van der Waals surface area contributed by atoms with Crippen molar-refractivity contribution in [3.63, 3.8) is 0 Å². The van der Waals surface area contributed by atoms with Crippen LogP contribution >= 0.6 is 0 Å². The second-order valence-electron chi connectivity index (χ2n) is 2.85. The van der Waals surface area contributed by atoms with Crippen molar-refractivity contribution >= 4 is 6.47 Å². The van der Waals surface area contributed by atoms with Crippen molar-refractivity contribution in [1.29, 1.82) is 0 Å². The van der Waals surface area contributed by atoms with Crippen LogP contribution in [-0.2, 0) is 16.1 Å². The van der Waals surface area contributed by atoms with Crippen LogP contribution in [0.5, 0.6) is 11.5 Å². The fourth-order valence-electron chi connectivity index (χ4n) is 1.37. The highest BCUT2D eigenvalue weighted by atomic mass is 16.6. The van der Waals surface area contributed by atoms with Gasteiger partial charge < -0.3 is 14.2 Å². The largest absolute Gasteiger partial charge is 0.486 e. The minimum Gasteiger partial charge on any atom is -0.486 e. The third-order valence-electron chi connectivity index (χ3n) is 1.95. The zero-order valence-corrected chi connectivity index (χ0v) is 7.56. The molecule has 1 aromatic carbocycles. The Bertz CT molecular complexity index is 335. The van der Waals surface area contributed by atoms with E-state index < -0.39 is 0 Å². The molecule has 0 amide bonds. The third kappa shape index (κ3) is 1.64. The van der Waals surface area contributed by atoms with Gasteiger partial charge in [0.25, 0.3) is 6.47 Å². The minimum atomic E-state index is 0.218. The zero-order valence-electron chi connectivity index (χ0n) is 7.56. The van der Waals surface area contributed by atoms with Crippen LogP contribution in [0.15, 0.2) is 18.2 Å². The van der Waals surface area contributed by atoms with E-state index in [1.807, 2.05) is 18.2 Å². The van der Waals surface area contributed by atoms with Crippen LogP contribution < -0.4 is 9.47 Å². The molecule has 14 heavy (non-hydrogen) atoms. The van der Waals surface area contributed by atoms with Crippen LogP contribution in [0.4, 0.5) is 0 Å². The van der Waals surface area contributed by atoms with Gasteiger partial charge in [0.15, 0.2) is 11.5 Å². The van der Waals surface area contributed by atoms with Gasteiger partial charge >= 0.3 is 0 Å². The van der Waals surface area contributed by atoms with Crippen molar-refractivity contribution in [3.05, 3.63) is 23.8 Å². The molecule has 0 unspecified atom stereocenters. The van der Waals surface area contributed by atoms with Gasteiger partial charge in [0, 0.05) is 5.56 Å². The van der Waals surface area contributed by atoms with Crippen molar-refractivity contribution in [1.82, 2.24) is 0 Å². The second kappa shape index (κ2) is 4.00. The molecule has 1 aliphatic heterocycles. The number of carbonyl (C=O) groups excluding carboxylic acids is 1. The Balaban J connectivity index is 2.25. The van der Waals surface area contributed by atoms with Gasteiger partial charge in [0.1, 0.15) is 19.8 Å². The standard InChI is InChI=1S/C10H10O4/c11-7-12-6-8-2-1-3-9-10(8)14-5-4-13-9/h1-3,7H,4-6H2. The van der Waals surface area contributed by atoms with Gasteiger partial charge in [0.2, 0.25) is 0 Å². The highest BCUT2D eigenvalue weighted by Gasteiger charge is 2.15. The van der Waals surface area contributed by atoms with Crippen LogP contribution in [0.1, 0.15) is 5.56 Å². The monoisotopic (exact) mass is 194 g/mol. The summed E-state index contributed by atoms with van der Waals surface area (Å²) in [5.41, 5.74) is 0.828. The minimum absolute atomic E-state index is 0.218. The summed E-state index contributed by atoms with van der Waals surface area (Å²) >= 11 is 0. The first-order chi connectivity index (χ1) is 6.92. The summed E-state index contributed by atoms with van der Waals surface area (Å²) in [7, 11) is 0.